The van der Waals surface area contributed by atoms with Crippen molar-refractivity contribution in [1.29, 1.82) is 0 Å². The highest BCUT2D eigenvalue weighted by molar-refractivity contribution is 9.10. The molecule has 0 atom stereocenters. The van der Waals surface area contributed by atoms with Crippen molar-refractivity contribution in [2.24, 2.45) is 0 Å². The first-order chi connectivity index (χ1) is 9.58. The van der Waals surface area contributed by atoms with Crippen molar-refractivity contribution in [3.8, 4) is 0 Å². The Balaban J connectivity index is 2.45. The van der Waals surface area contributed by atoms with E-state index in [0.29, 0.717) is 23.7 Å². The molecule has 0 saturated heterocycles. The van der Waals surface area contributed by atoms with Crippen LogP contribution >= 0.6 is 27.3 Å². The fourth-order valence-corrected chi connectivity index (χ4v) is 3.38. The highest BCUT2D eigenvalue weighted by atomic mass is 79.9. The van der Waals surface area contributed by atoms with Crippen molar-refractivity contribution in [2.75, 3.05) is 18.8 Å². The Hall–Kier alpha value is -1.59. The van der Waals surface area contributed by atoms with Crippen LogP contribution in [0.4, 0.5) is 5.69 Å². The van der Waals surface area contributed by atoms with Crippen molar-refractivity contribution < 1.29 is 4.79 Å². The van der Waals surface area contributed by atoms with Crippen molar-refractivity contribution >= 4 is 48.9 Å². The molecule has 2 aromatic rings. The van der Waals surface area contributed by atoms with Crippen molar-refractivity contribution in [2.45, 2.75) is 0 Å². The number of anilines is 1. The molecule has 2 rings (SSSR count). The summed E-state index contributed by atoms with van der Waals surface area (Å²) in [6, 6.07) is 5.84. The quantitative estimate of drug-likeness (QED) is 0.826. The summed E-state index contributed by atoms with van der Waals surface area (Å²) in [5.74, 6) is -0.0837. The number of nitrogens with zero attached hydrogens (tertiary/aromatic N) is 1. The fourth-order valence-electron chi connectivity index (χ4n) is 1.94. The minimum atomic E-state index is -0.0837. The molecule has 3 nitrogen and oxygen atoms in total. The van der Waals surface area contributed by atoms with E-state index in [1.807, 2.05) is 18.2 Å². The van der Waals surface area contributed by atoms with E-state index in [1.165, 1.54) is 11.3 Å². The zero-order chi connectivity index (χ0) is 14.7. The van der Waals surface area contributed by atoms with Crippen molar-refractivity contribution in [3.05, 3.63) is 52.9 Å². The summed E-state index contributed by atoms with van der Waals surface area (Å²) in [6.45, 7) is 8.30. The smallest absolute Gasteiger partial charge is 0.266 e. The van der Waals surface area contributed by atoms with E-state index >= 15 is 0 Å². The summed E-state index contributed by atoms with van der Waals surface area (Å²) in [5, 5.41) is 0.907. The van der Waals surface area contributed by atoms with Gasteiger partial charge in [0, 0.05) is 27.6 Å². The van der Waals surface area contributed by atoms with E-state index in [0.717, 1.165) is 14.6 Å². The molecule has 0 aliphatic carbocycles. The van der Waals surface area contributed by atoms with Crippen LogP contribution < -0.4 is 5.73 Å². The van der Waals surface area contributed by atoms with Gasteiger partial charge in [-0.15, -0.1) is 24.5 Å². The zero-order valence-corrected chi connectivity index (χ0v) is 13.3. The number of thiophene rings is 1. The molecule has 1 amide bonds. The van der Waals surface area contributed by atoms with E-state index in [9.17, 15) is 4.79 Å². The van der Waals surface area contributed by atoms with E-state index < -0.39 is 0 Å². The molecule has 0 saturated carbocycles. The molecular formula is C15H15BrN2OS. The second-order valence-corrected chi connectivity index (χ2v) is 6.24. The predicted octanol–water partition coefficient (Wildman–Crippen LogP) is 4.06. The molecule has 0 fully saturated rings. The first-order valence-corrected chi connectivity index (χ1v) is 7.68. The van der Waals surface area contributed by atoms with Gasteiger partial charge in [0.05, 0.1) is 5.69 Å². The van der Waals surface area contributed by atoms with Crippen LogP contribution in [-0.4, -0.2) is 23.9 Å². The number of halogens is 1. The number of hydrogen-bond donors (Lipinski definition) is 1. The average molecular weight is 351 g/mol. The van der Waals surface area contributed by atoms with Crippen LogP contribution in [0.1, 0.15) is 9.67 Å². The van der Waals surface area contributed by atoms with Gasteiger partial charge in [-0.3, -0.25) is 4.79 Å². The van der Waals surface area contributed by atoms with E-state index in [2.05, 4.69) is 29.1 Å². The second kappa shape index (κ2) is 6.24. The maximum Gasteiger partial charge on any atom is 0.266 e. The number of carbonyl (C=O) groups is 1. The van der Waals surface area contributed by atoms with Crippen LogP contribution in [0.5, 0.6) is 0 Å². The van der Waals surface area contributed by atoms with Gasteiger partial charge in [-0.2, -0.15) is 0 Å². The van der Waals surface area contributed by atoms with Gasteiger partial charge in [-0.1, -0.05) is 28.1 Å². The Kier molecular flexibility index (Phi) is 4.62. The van der Waals surface area contributed by atoms with E-state index in [1.54, 1.807) is 17.1 Å². The summed E-state index contributed by atoms with van der Waals surface area (Å²) >= 11 is 4.83. The Morgan fingerprint density at radius 2 is 2.00 bits per heavy atom. The summed E-state index contributed by atoms with van der Waals surface area (Å²) in [7, 11) is 0. The van der Waals surface area contributed by atoms with E-state index in [4.69, 9.17) is 5.73 Å². The first kappa shape index (κ1) is 14.8. The lowest BCUT2D eigenvalue weighted by molar-refractivity contribution is 0.0796. The van der Waals surface area contributed by atoms with Crippen LogP contribution in [0, 0.1) is 0 Å². The standard InChI is InChI=1S/C15H15BrN2OS/c1-3-7-18(8-4-2)15(19)14-13(17)11-9-10(16)5-6-12(11)20-14/h3-6,9H,1-2,7-8,17H2. The average Bonchev–Trinajstić information content (AvgIpc) is 2.75. The van der Waals surface area contributed by atoms with Gasteiger partial charge >= 0.3 is 0 Å². The molecule has 1 aromatic heterocycles. The zero-order valence-electron chi connectivity index (χ0n) is 10.9. The van der Waals surface area contributed by atoms with Gasteiger partial charge in [0.2, 0.25) is 0 Å². The molecule has 0 spiro atoms. The molecule has 2 N–H and O–H groups in total. The minimum Gasteiger partial charge on any atom is -0.397 e. The Bertz CT molecular complexity index is 668. The lowest BCUT2D eigenvalue weighted by atomic mass is 10.2. The number of fused-ring (bicyclic) bond motifs is 1. The third-order valence-electron chi connectivity index (χ3n) is 2.87. The number of hydrogen-bond acceptors (Lipinski definition) is 3. The lowest BCUT2D eigenvalue weighted by Gasteiger charge is -2.18. The van der Waals surface area contributed by atoms with Gasteiger partial charge in [0.25, 0.3) is 5.91 Å². The first-order valence-electron chi connectivity index (χ1n) is 6.07. The van der Waals surface area contributed by atoms with Crippen LogP contribution in [0.15, 0.2) is 48.0 Å². The number of benzene rings is 1. The summed E-state index contributed by atoms with van der Waals surface area (Å²) < 4.78 is 1.95. The molecule has 1 aromatic carbocycles. The molecule has 0 aliphatic rings. The van der Waals surface area contributed by atoms with Crippen molar-refractivity contribution in [3.63, 3.8) is 0 Å². The molecule has 104 valence electrons. The number of rotatable bonds is 5. The lowest BCUT2D eigenvalue weighted by Crippen LogP contribution is -2.31. The van der Waals surface area contributed by atoms with Crippen LogP contribution in [-0.2, 0) is 0 Å². The molecule has 0 aliphatic heterocycles. The number of amides is 1. The maximum absolute atomic E-state index is 12.5. The molecule has 0 radical (unpaired) electrons. The van der Waals surface area contributed by atoms with Crippen molar-refractivity contribution in [1.82, 2.24) is 4.90 Å². The van der Waals surface area contributed by atoms with Gasteiger partial charge in [0.1, 0.15) is 4.88 Å². The molecular weight excluding hydrogens is 336 g/mol. The third-order valence-corrected chi connectivity index (χ3v) is 4.54. The summed E-state index contributed by atoms with van der Waals surface area (Å²) in [6.07, 6.45) is 3.39. The maximum atomic E-state index is 12.5. The molecule has 0 unspecified atom stereocenters. The van der Waals surface area contributed by atoms with Crippen LogP contribution in [0.25, 0.3) is 10.1 Å². The number of carbonyl (C=O) groups excluding carboxylic acids is 1. The largest absolute Gasteiger partial charge is 0.397 e. The van der Waals surface area contributed by atoms with Crippen LogP contribution in [0.3, 0.4) is 0 Å². The van der Waals surface area contributed by atoms with E-state index in [-0.39, 0.29) is 5.91 Å². The normalized spacial score (nSPS) is 10.4. The Labute approximate surface area is 130 Å². The van der Waals surface area contributed by atoms with Gasteiger partial charge < -0.3 is 10.6 Å². The third kappa shape index (κ3) is 2.78. The summed E-state index contributed by atoms with van der Waals surface area (Å²) in [4.78, 5) is 14.8. The summed E-state index contributed by atoms with van der Waals surface area (Å²) in [5.41, 5.74) is 6.67. The van der Waals surface area contributed by atoms with Crippen LogP contribution in [0.2, 0.25) is 0 Å². The molecule has 5 heteroatoms. The number of nitrogen functional groups attached to an aromatic ring is 1. The molecule has 20 heavy (non-hydrogen) atoms. The minimum absolute atomic E-state index is 0.0837. The topological polar surface area (TPSA) is 46.3 Å². The SMILES string of the molecule is C=CCN(CC=C)C(=O)c1sc2ccc(Br)cc2c1N. The highest BCUT2D eigenvalue weighted by Gasteiger charge is 2.20. The fraction of sp³-hybridized carbons (Fsp3) is 0.133. The number of nitrogens with two attached hydrogens (primary N) is 1. The Morgan fingerprint density at radius 1 is 1.35 bits per heavy atom. The molecule has 1 heterocycles. The molecule has 0 bridgehead atoms. The second-order valence-electron chi connectivity index (χ2n) is 4.27. The highest BCUT2D eigenvalue weighted by Crippen LogP contribution is 2.36. The van der Waals surface area contributed by atoms with Gasteiger partial charge in [0.15, 0.2) is 0 Å². The monoisotopic (exact) mass is 350 g/mol. The van der Waals surface area contributed by atoms with Gasteiger partial charge in [-0.25, -0.2) is 0 Å². The van der Waals surface area contributed by atoms with Gasteiger partial charge in [-0.05, 0) is 18.2 Å². The predicted molar refractivity (Wildman–Crippen MR) is 90.2 cm³/mol. The Morgan fingerprint density at radius 3 is 2.60 bits per heavy atom.